The highest BCUT2D eigenvalue weighted by molar-refractivity contribution is 7.90. The van der Waals surface area contributed by atoms with Gasteiger partial charge in [0, 0.05) is 17.0 Å². The first-order valence-corrected chi connectivity index (χ1v) is 9.76. The van der Waals surface area contributed by atoms with Gasteiger partial charge in [-0.15, -0.1) is 5.10 Å². The molecule has 0 fully saturated rings. The summed E-state index contributed by atoms with van der Waals surface area (Å²) >= 11 is 6.02. The van der Waals surface area contributed by atoms with Crippen LogP contribution in [0.1, 0.15) is 5.56 Å². The van der Waals surface area contributed by atoms with Crippen LogP contribution in [0.4, 0.5) is 5.69 Å². The number of amides is 1. The molecule has 136 valence electrons. The number of carbonyl (C=O) groups is 1. The van der Waals surface area contributed by atoms with Crippen LogP contribution in [0.15, 0.2) is 41.3 Å². The van der Waals surface area contributed by atoms with Gasteiger partial charge in [0.25, 0.3) is 5.91 Å². The molecule has 3 rings (SSSR count). The summed E-state index contributed by atoms with van der Waals surface area (Å²) in [6.45, 7) is 1.52. The lowest BCUT2D eigenvalue weighted by Gasteiger charge is -2.08. The van der Waals surface area contributed by atoms with Crippen LogP contribution in [0, 0.1) is 6.92 Å². The number of hydrogen-bond acceptors (Lipinski definition) is 6. The van der Waals surface area contributed by atoms with Crippen LogP contribution in [-0.2, 0) is 14.6 Å². The summed E-state index contributed by atoms with van der Waals surface area (Å²) in [4.78, 5) is 18.5. The van der Waals surface area contributed by atoms with Gasteiger partial charge < -0.3 is 10.2 Å². The monoisotopic (exact) mass is 394 g/mol. The molecule has 1 aromatic heterocycles. The topological polar surface area (TPSA) is 103 Å². The highest BCUT2D eigenvalue weighted by Crippen LogP contribution is 2.20. The standard InChI is InChI=1S/C16H15ClN4O4S/c1-10-3-4-11(7-13(10)17)18-16(22)9-25-21-15-8-12(26(2,23)24)5-6-14(15)19-20-21/h3-8H,9H2,1-2H3,(H,18,22). The molecule has 8 nitrogen and oxygen atoms in total. The van der Waals surface area contributed by atoms with Crippen molar-refractivity contribution in [2.75, 3.05) is 18.2 Å². The summed E-state index contributed by atoms with van der Waals surface area (Å²) in [6, 6.07) is 9.50. The van der Waals surface area contributed by atoms with E-state index in [0.29, 0.717) is 21.7 Å². The quantitative estimate of drug-likeness (QED) is 0.708. The van der Waals surface area contributed by atoms with Crippen molar-refractivity contribution in [3.63, 3.8) is 0 Å². The van der Waals surface area contributed by atoms with Gasteiger partial charge >= 0.3 is 0 Å². The molecule has 0 bridgehead atoms. The summed E-state index contributed by atoms with van der Waals surface area (Å²) in [5, 5.41) is 10.8. The van der Waals surface area contributed by atoms with Gasteiger partial charge in [-0.3, -0.25) is 4.79 Å². The van der Waals surface area contributed by atoms with Crippen molar-refractivity contribution in [2.24, 2.45) is 0 Å². The van der Waals surface area contributed by atoms with Gasteiger partial charge in [0.15, 0.2) is 16.4 Å². The van der Waals surface area contributed by atoms with Crippen molar-refractivity contribution < 1.29 is 18.0 Å². The van der Waals surface area contributed by atoms with E-state index >= 15 is 0 Å². The van der Waals surface area contributed by atoms with E-state index in [1.807, 2.05) is 6.92 Å². The van der Waals surface area contributed by atoms with E-state index in [9.17, 15) is 13.2 Å². The molecule has 1 amide bonds. The molecular formula is C16H15ClN4O4S. The summed E-state index contributed by atoms with van der Waals surface area (Å²) in [5.41, 5.74) is 2.23. The summed E-state index contributed by atoms with van der Waals surface area (Å²) in [5.74, 6) is -0.423. The van der Waals surface area contributed by atoms with Crippen molar-refractivity contribution >= 4 is 44.1 Å². The number of nitrogens with zero attached hydrogens (tertiary/aromatic N) is 3. The highest BCUT2D eigenvalue weighted by atomic mass is 35.5. The Kier molecular flexibility index (Phi) is 4.84. The molecule has 0 radical (unpaired) electrons. The van der Waals surface area contributed by atoms with Gasteiger partial charge in [0.1, 0.15) is 11.0 Å². The van der Waals surface area contributed by atoms with Gasteiger partial charge in [0.2, 0.25) is 0 Å². The van der Waals surface area contributed by atoms with Crippen molar-refractivity contribution in [1.82, 2.24) is 15.2 Å². The van der Waals surface area contributed by atoms with Gasteiger partial charge in [-0.1, -0.05) is 22.5 Å². The Morgan fingerprint density at radius 2 is 2.04 bits per heavy atom. The Labute approximate surface area is 154 Å². The first-order chi connectivity index (χ1) is 12.2. The molecule has 26 heavy (non-hydrogen) atoms. The number of rotatable bonds is 5. The molecule has 0 saturated heterocycles. The second-order valence-corrected chi connectivity index (χ2v) is 8.09. The molecule has 0 atom stereocenters. The van der Waals surface area contributed by atoms with Crippen molar-refractivity contribution in [3.05, 3.63) is 47.0 Å². The largest absolute Gasteiger partial charge is 0.385 e. The Bertz CT molecular complexity index is 1090. The van der Waals surface area contributed by atoms with Crippen LogP contribution in [0.2, 0.25) is 5.02 Å². The molecule has 0 saturated carbocycles. The van der Waals surface area contributed by atoms with E-state index in [1.165, 1.54) is 18.2 Å². The maximum atomic E-state index is 12.0. The normalized spacial score (nSPS) is 11.5. The summed E-state index contributed by atoms with van der Waals surface area (Å²) in [7, 11) is -3.38. The summed E-state index contributed by atoms with van der Waals surface area (Å²) in [6.07, 6.45) is 1.10. The smallest absolute Gasteiger partial charge is 0.265 e. The molecule has 3 aromatic rings. The maximum absolute atomic E-state index is 12.0. The lowest BCUT2D eigenvalue weighted by molar-refractivity contribution is -0.121. The minimum atomic E-state index is -3.38. The lowest BCUT2D eigenvalue weighted by atomic mass is 10.2. The second-order valence-electron chi connectivity index (χ2n) is 5.67. The fourth-order valence-electron chi connectivity index (χ4n) is 2.19. The number of benzene rings is 2. The van der Waals surface area contributed by atoms with Gasteiger partial charge in [0.05, 0.1) is 4.90 Å². The third-order valence-corrected chi connectivity index (χ3v) is 5.11. The third kappa shape index (κ3) is 3.94. The second kappa shape index (κ2) is 6.93. The number of aryl methyl sites for hydroxylation is 1. The minimum Gasteiger partial charge on any atom is -0.385 e. The number of fused-ring (bicyclic) bond motifs is 1. The van der Waals surface area contributed by atoms with Gasteiger partial charge in [-0.25, -0.2) is 8.42 Å². The number of sulfone groups is 1. The van der Waals surface area contributed by atoms with Crippen molar-refractivity contribution in [3.8, 4) is 0 Å². The highest BCUT2D eigenvalue weighted by Gasteiger charge is 2.13. The van der Waals surface area contributed by atoms with Crippen LogP contribution >= 0.6 is 11.6 Å². The van der Waals surface area contributed by atoms with Crippen LogP contribution in [-0.4, -0.2) is 42.3 Å². The summed E-state index contributed by atoms with van der Waals surface area (Å²) < 4.78 is 23.3. The molecule has 0 aliphatic heterocycles. The molecule has 2 aromatic carbocycles. The minimum absolute atomic E-state index is 0.107. The van der Waals surface area contributed by atoms with Crippen molar-refractivity contribution in [2.45, 2.75) is 11.8 Å². The number of halogens is 1. The molecule has 0 unspecified atom stereocenters. The number of aromatic nitrogens is 3. The average molecular weight is 395 g/mol. The predicted molar refractivity (Wildman–Crippen MR) is 96.9 cm³/mol. The first kappa shape index (κ1) is 18.2. The number of anilines is 1. The van der Waals surface area contributed by atoms with Gasteiger partial charge in [-0.2, -0.15) is 0 Å². The Balaban J connectivity index is 1.72. The maximum Gasteiger partial charge on any atom is 0.265 e. The van der Waals surface area contributed by atoms with Crippen molar-refractivity contribution in [1.29, 1.82) is 0 Å². The molecule has 0 aliphatic carbocycles. The van der Waals surface area contributed by atoms with E-state index in [-0.39, 0.29) is 11.5 Å². The zero-order chi connectivity index (χ0) is 18.9. The molecule has 10 heteroatoms. The van der Waals surface area contributed by atoms with Gasteiger partial charge in [-0.05, 0) is 48.0 Å². The fourth-order valence-corrected chi connectivity index (χ4v) is 3.01. The zero-order valence-electron chi connectivity index (χ0n) is 13.9. The molecule has 1 N–H and O–H groups in total. The lowest BCUT2D eigenvalue weighted by Crippen LogP contribution is -2.26. The molecule has 0 spiro atoms. The van der Waals surface area contributed by atoms with Crippen LogP contribution in [0.25, 0.3) is 11.0 Å². The average Bonchev–Trinajstić information content (AvgIpc) is 2.98. The Hall–Kier alpha value is -2.65. The number of hydrogen-bond donors (Lipinski definition) is 1. The SMILES string of the molecule is Cc1ccc(NC(=O)COn2nnc3ccc(S(C)(=O)=O)cc32)cc1Cl. The molecular weight excluding hydrogens is 380 g/mol. The molecule has 0 aliphatic rings. The van der Waals surface area contributed by atoms with Crippen LogP contribution < -0.4 is 10.2 Å². The van der Waals surface area contributed by atoms with E-state index in [1.54, 1.807) is 18.2 Å². The van der Waals surface area contributed by atoms with E-state index in [0.717, 1.165) is 16.7 Å². The van der Waals surface area contributed by atoms with Crippen LogP contribution in [0.5, 0.6) is 0 Å². The zero-order valence-corrected chi connectivity index (χ0v) is 15.5. The van der Waals surface area contributed by atoms with E-state index in [2.05, 4.69) is 15.6 Å². The Morgan fingerprint density at radius 3 is 2.73 bits per heavy atom. The first-order valence-electron chi connectivity index (χ1n) is 7.49. The number of carbonyl (C=O) groups excluding carboxylic acids is 1. The predicted octanol–water partition coefficient (Wildman–Crippen LogP) is 1.86. The van der Waals surface area contributed by atoms with Crippen LogP contribution in [0.3, 0.4) is 0 Å². The molecule has 1 heterocycles. The Morgan fingerprint density at radius 1 is 1.27 bits per heavy atom. The van der Waals surface area contributed by atoms with E-state index < -0.39 is 15.7 Å². The van der Waals surface area contributed by atoms with E-state index in [4.69, 9.17) is 16.4 Å². The number of nitrogens with one attached hydrogen (secondary N) is 1. The third-order valence-electron chi connectivity index (χ3n) is 3.59. The fraction of sp³-hybridized carbons (Fsp3) is 0.188.